The van der Waals surface area contributed by atoms with Gasteiger partial charge in [-0.2, -0.15) is 10.4 Å². The van der Waals surface area contributed by atoms with E-state index in [1.54, 1.807) is 10.9 Å². The van der Waals surface area contributed by atoms with Crippen LogP contribution in [0.15, 0.2) is 30.6 Å². The number of hydrogen-bond donors (Lipinski definition) is 0. The zero-order valence-corrected chi connectivity index (χ0v) is 8.73. The first-order valence-corrected chi connectivity index (χ1v) is 4.73. The van der Waals surface area contributed by atoms with Crippen molar-refractivity contribution in [1.29, 1.82) is 5.26 Å². The molecule has 0 saturated heterocycles. The van der Waals surface area contributed by atoms with E-state index in [1.165, 1.54) is 0 Å². The average molecular weight is 197 g/mol. The summed E-state index contributed by atoms with van der Waals surface area (Å²) in [6.45, 7) is 3.95. The van der Waals surface area contributed by atoms with E-state index in [0.717, 1.165) is 16.8 Å². The standard InChI is InChI=1S/C12H11N3/c1-9-3-4-12(11(5-9)6-13)15-8-10(2)7-14-15/h3-5,7-8H,1-2H3. The van der Waals surface area contributed by atoms with Gasteiger partial charge in [0.25, 0.3) is 0 Å². The molecule has 2 aromatic rings. The van der Waals surface area contributed by atoms with Crippen molar-refractivity contribution in [3.05, 3.63) is 47.3 Å². The van der Waals surface area contributed by atoms with Crippen LogP contribution in [0.5, 0.6) is 0 Å². The molecule has 15 heavy (non-hydrogen) atoms. The topological polar surface area (TPSA) is 41.6 Å². The van der Waals surface area contributed by atoms with Gasteiger partial charge < -0.3 is 0 Å². The largest absolute Gasteiger partial charge is 0.239 e. The number of aromatic nitrogens is 2. The number of nitrogens with zero attached hydrogens (tertiary/aromatic N) is 3. The van der Waals surface area contributed by atoms with Gasteiger partial charge in [0.15, 0.2) is 0 Å². The quantitative estimate of drug-likeness (QED) is 0.704. The van der Waals surface area contributed by atoms with Gasteiger partial charge in [-0.05, 0) is 37.1 Å². The highest BCUT2D eigenvalue weighted by molar-refractivity contribution is 5.50. The van der Waals surface area contributed by atoms with Crippen LogP contribution in [-0.4, -0.2) is 9.78 Å². The Kier molecular flexibility index (Phi) is 2.26. The van der Waals surface area contributed by atoms with Gasteiger partial charge in [0.2, 0.25) is 0 Å². The van der Waals surface area contributed by atoms with Crippen LogP contribution in [0, 0.1) is 25.2 Å². The molecule has 74 valence electrons. The van der Waals surface area contributed by atoms with Crippen molar-refractivity contribution in [3.63, 3.8) is 0 Å². The van der Waals surface area contributed by atoms with E-state index in [9.17, 15) is 0 Å². The number of aryl methyl sites for hydroxylation is 2. The summed E-state index contributed by atoms with van der Waals surface area (Å²) in [6, 6.07) is 7.95. The molecule has 0 aliphatic heterocycles. The highest BCUT2D eigenvalue weighted by atomic mass is 15.3. The second-order valence-electron chi connectivity index (χ2n) is 3.59. The monoisotopic (exact) mass is 197 g/mol. The Labute approximate surface area is 88.6 Å². The normalized spacial score (nSPS) is 9.93. The molecule has 0 radical (unpaired) electrons. The van der Waals surface area contributed by atoms with Gasteiger partial charge in [-0.1, -0.05) is 6.07 Å². The van der Waals surface area contributed by atoms with Crippen molar-refractivity contribution < 1.29 is 0 Å². The average Bonchev–Trinajstić information content (AvgIpc) is 2.64. The first-order valence-electron chi connectivity index (χ1n) is 4.73. The van der Waals surface area contributed by atoms with Crippen molar-refractivity contribution in [1.82, 2.24) is 9.78 Å². The summed E-state index contributed by atoms with van der Waals surface area (Å²) < 4.78 is 1.73. The molecule has 3 heteroatoms. The molecule has 0 N–H and O–H groups in total. The molecule has 0 unspecified atom stereocenters. The van der Waals surface area contributed by atoms with Gasteiger partial charge in [0, 0.05) is 6.20 Å². The second-order valence-corrected chi connectivity index (χ2v) is 3.59. The van der Waals surface area contributed by atoms with Gasteiger partial charge in [-0.3, -0.25) is 0 Å². The Morgan fingerprint density at radius 2 is 2.07 bits per heavy atom. The fraction of sp³-hybridized carbons (Fsp3) is 0.167. The van der Waals surface area contributed by atoms with E-state index >= 15 is 0 Å². The summed E-state index contributed by atoms with van der Waals surface area (Å²) in [5, 5.41) is 13.2. The van der Waals surface area contributed by atoms with E-state index in [-0.39, 0.29) is 0 Å². The van der Waals surface area contributed by atoms with Crippen LogP contribution in [0.1, 0.15) is 16.7 Å². The molecule has 1 heterocycles. The summed E-state index contributed by atoms with van der Waals surface area (Å²) in [5.74, 6) is 0. The van der Waals surface area contributed by atoms with Gasteiger partial charge in [0.05, 0.1) is 17.4 Å². The predicted molar refractivity (Wildman–Crippen MR) is 57.8 cm³/mol. The molecular weight excluding hydrogens is 186 g/mol. The van der Waals surface area contributed by atoms with Crippen molar-refractivity contribution >= 4 is 0 Å². The SMILES string of the molecule is Cc1ccc(-n2cc(C)cn2)c(C#N)c1. The smallest absolute Gasteiger partial charge is 0.101 e. The van der Waals surface area contributed by atoms with E-state index < -0.39 is 0 Å². The van der Waals surface area contributed by atoms with Crippen molar-refractivity contribution in [3.8, 4) is 11.8 Å². The lowest BCUT2D eigenvalue weighted by Gasteiger charge is -2.04. The van der Waals surface area contributed by atoms with E-state index in [4.69, 9.17) is 5.26 Å². The Bertz CT molecular complexity index is 532. The molecule has 0 bridgehead atoms. The Morgan fingerprint density at radius 1 is 1.27 bits per heavy atom. The molecule has 0 aliphatic carbocycles. The van der Waals surface area contributed by atoms with Crippen LogP contribution in [0.2, 0.25) is 0 Å². The fourth-order valence-electron chi connectivity index (χ4n) is 1.48. The molecule has 0 atom stereocenters. The fourth-order valence-corrected chi connectivity index (χ4v) is 1.48. The van der Waals surface area contributed by atoms with Crippen LogP contribution < -0.4 is 0 Å². The number of nitriles is 1. The molecule has 0 aliphatic rings. The molecular formula is C12H11N3. The second kappa shape index (κ2) is 3.58. The van der Waals surface area contributed by atoms with Crippen LogP contribution in [0.3, 0.4) is 0 Å². The first-order chi connectivity index (χ1) is 7.20. The zero-order chi connectivity index (χ0) is 10.8. The lowest BCUT2D eigenvalue weighted by atomic mass is 10.1. The molecule has 1 aromatic carbocycles. The molecule has 0 spiro atoms. The van der Waals surface area contributed by atoms with Crippen LogP contribution in [0.4, 0.5) is 0 Å². The Balaban J connectivity index is 2.58. The maximum Gasteiger partial charge on any atom is 0.101 e. The third-order valence-electron chi connectivity index (χ3n) is 2.23. The van der Waals surface area contributed by atoms with E-state index in [0.29, 0.717) is 5.56 Å². The summed E-state index contributed by atoms with van der Waals surface area (Å²) in [7, 11) is 0. The lowest BCUT2D eigenvalue weighted by molar-refractivity contribution is 0.876. The van der Waals surface area contributed by atoms with Crippen molar-refractivity contribution in [2.24, 2.45) is 0 Å². The third kappa shape index (κ3) is 1.75. The summed E-state index contributed by atoms with van der Waals surface area (Å²) in [6.07, 6.45) is 3.69. The van der Waals surface area contributed by atoms with Gasteiger partial charge >= 0.3 is 0 Å². The molecule has 2 rings (SSSR count). The first kappa shape index (κ1) is 9.47. The van der Waals surface area contributed by atoms with Crippen LogP contribution >= 0.6 is 0 Å². The summed E-state index contributed by atoms with van der Waals surface area (Å²) >= 11 is 0. The molecule has 0 fully saturated rings. The highest BCUT2D eigenvalue weighted by Crippen LogP contribution is 2.15. The summed E-state index contributed by atoms with van der Waals surface area (Å²) in [4.78, 5) is 0. The van der Waals surface area contributed by atoms with Crippen molar-refractivity contribution in [2.45, 2.75) is 13.8 Å². The molecule has 3 nitrogen and oxygen atoms in total. The molecule has 1 aromatic heterocycles. The zero-order valence-electron chi connectivity index (χ0n) is 8.73. The van der Waals surface area contributed by atoms with Crippen molar-refractivity contribution in [2.75, 3.05) is 0 Å². The lowest BCUT2D eigenvalue weighted by Crippen LogP contribution is -1.97. The van der Waals surface area contributed by atoms with E-state index in [1.807, 2.05) is 38.2 Å². The minimum absolute atomic E-state index is 0.651. The Hall–Kier alpha value is -2.08. The number of rotatable bonds is 1. The Morgan fingerprint density at radius 3 is 2.67 bits per heavy atom. The number of benzene rings is 1. The van der Waals surface area contributed by atoms with Gasteiger partial charge in [-0.25, -0.2) is 4.68 Å². The van der Waals surface area contributed by atoms with Crippen LogP contribution in [-0.2, 0) is 0 Å². The maximum atomic E-state index is 9.02. The number of hydrogen-bond acceptors (Lipinski definition) is 2. The maximum absolute atomic E-state index is 9.02. The third-order valence-corrected chi connectivity index (χ3v) is 2.23. The summed E-state index contributed by atoms with van der Waals surface area (Å²) in [5.41, 5.74) is 3.65. The van der Waals surface area contributed by atoms with E-state index in [2.05, 4.69) is 11.2 Å². The van der Waals surface area contributed by atoms with Gasteiger partial charge in [-0.15, -0.1) is 0 Å². The predicted octanol–water partition coefficient (Wildman–Crippen LogP) is 2.36. The molecule has 0 amide bonds. The van der Waals surface area contributed by atoms with Crippen LogP contribution in [0.25, 0.3) is 5.69 Å². The van der Waals surface area contributed by atoms with Gasteiger partial charge in [0.1, 0.15) is 6.07 Å². The minimum Gasteiger partial charge on any atom is -0.239 e. The highest BCUT2D eigenvalue weighted by Gasteiger charge is 2.04. The molecule has 0 saturated carbocycles. The minimum atomic E-state index is 0.651.